The lowest BCUT2D eigenvalue weighted by atomic mass is 10.2. The molecule has 5 nitrogen and oxygen atoms in total. The van der Waals surface area contributed by atoms with Gasteiger partial charge in [0.1, 0.15) is 11.8 Å². The first-order valence-corrected chi connectivity index (χ1v) is 5.68. The maximum Gasteiger partial charge on any atom is 0.586 e. The molecule has 0 atom stereocenters. The SMILES string of the molecule is N#Cc1ccc(CNc2ccc3c(c2)OC(F)(F)O3)o1. The van der Waals surface area contributed by atoms with Crippen molar-refractivity contribution in [3.63, 3.8) is 0 Å². The van der Waals surface area contributed by atoms with Crippen LogP contribution in [-0.4, -0.2) is 6.29 Å². The lowest BCUT2D eigenvalue weighted by Gasteiger charge is -2.05. The number of furan rings is 1. The van der Waals surface area contributed by atoms with Crippen LogP contribution in [0.4, 0.5) is 14.5 Å². The van der Waals surface area contributed by atoms with Crippen molar-refractivity contribution in [2.45, 2.75) is 12.8 Å². The summed E-state index contributed by atoms with van der Waals surface area (Å²) < 4.78 is 39.5. The molecule has 7 heteroatoms. The topological polar surface area (TPSA) is 67.4 Å². The molecule has 0 bridgehead atoms. The Hall–Kier alpha value is -2.75. The van der Waals surface area contributed by atoms with Crippen molar-refractivity contribution in [1.82, 2.24) is 0 Å². The molecule has 1 aromatic heterocycles. The molecule has 0 saturated heterocycles. The third kappa shape index (κ3) is 2.36. The van der Waals surface area contributed by atoms with Gasteiger partial charge in [0.05, 0.1) is 6.54 Å². The highest BCUT2D eigenvalue weighted by atomic mass is 19.3. The number of rotatable bonds is 3. The number of fused-ring (bicyclic) bond motifs is 1. The number of hydrogen-bond acceptors (Lipinski definition) is 5. The normalized spacial score (nSPS) is 14.8. The number of anilines is 1. The molecule has 20 heavy (non-hydrogen) atoms. The van der Waals surface area contributed by atoms with E-state index in [1.165, 1.54) is 12.1 Å². The number of nitriles is 1. The zero-order valence-corrected chi connectivity index (χ0v) is 10.0. The summed E-state index contributed by atoms with van der Waals surface area (Å²) in [7, 11) is 0. The van der Waals surface area contributed by atoms with Gasteiger partial charge in [-0.3, -0.25) is 0 Å². The van der Waals surface area contributed by atoms with Crippen molar-refractivity contribution in [3.05, 3.63) is 41.9 Å². The molecule has 1 aliphatic heterocycles. The average molecular weight is 278 g/mol. The van der Waals surface area contributed by atoms with Crippen molar-refractivity contribution in [1.29, 1.82) is 5.26 Å². The molecule has 0 amide bonds. The van der Waals surface area contributed by atoms with Gasteiger partial charge in [0, 0.05) is 11.8 Å². The number of hydrogen-bond donors (Lipinski definition) is 1. The number of alkyl halides is 2. The minimum atomic E-state index is -3.62. The van der Waals surface area contributed by atoms with Gasteiger partial charge in [0.2, 0.25) is 5.76 Å². The van der Waals surface area contributed by atoms with Crippen LogP contribution in [0.1, 0.15) is 11.5 Å². The summed E-state index contributed by atoms with van der Waals surface area (Å²) >= 11 is 0. The van der Waals surface area contributed by atoms with Crippen molar-refractivity contribution >= 4 is 5.69 Å². The molecule has 1 aromatic carbocycles. The van der Waals surface area contributed by atoms with Crippen LogP contribution in [0.25, 0.3) is 0 Å². The molecular weight excluding hydrogens is 270 g/mol. The largest absolute Gasteiger partial charge is 0.586 e. The van der Waals surface area contributed by atoms with Crippen LogP contribution in [0.5, 0.6) is 11.5 Å². The van der Waals surface area contributed by atoms with E-state index in [0.717, 1.165) is 0 Å². The summed E-state index contributed by atoms with van der Waals surface area (Å²) in [5.41, 5.74) is 0.569. The van der Waals surface area contributed by atoms with Crippen molar-refractivity contribution in [2.75, 3.05) is 5.32 Å². The molecule has 0 aliphatic carbocycles. The van der Waals surface area contributed by atoms with E-state index in [2.05, 4.69) is 14.8 Å². The van der Waals surface area contributed by atoms with Crippen LogP contribution in [0.15, 0.2) is 34.7 Å². The molecule has 0 fully saturated rings. The van der Waals surface area contributed by atoms with Gasteiger partial charge < -0.3 is 19.2 Å². The standard InChI is InChI=1S/C13H8F2N2O3/c14-13(15)19-11-4-1-8(5-12(11)20-13)17-7-10-3-2-9(6-16)18-10/h1-5,17H,7H2. The van der Waals surface area contributed by atoms with Gasteiger partial charge in [-0.1, -0.05) is 0 Å². The van der Waals surface area contributed by atoms with Gasteiger partial charge in [-0.15, -0.1) is 8.78 Å². The second kappa shape index (κ2) is 4.42. The number of nitrogens with one attached hydrogen (secondary N) is 1. The van der Waals surface area contributed by atoms with Crippen LogP contribution >= 0.6 is 0 Å². The monoisotopic (exact) mass is 278 g/mol. The fourth-order valence-electron chi connectivity index (χ4n) is 1.78. The summed E-state index contributed by atoms with van der Waals surface area (Å²) in [6.07, 6.45) is -3.62. The zero-order valence-electron chi connectivity index (χ0n) is 10.0. The molecule has 2 heterocycles. The number of benzene rings is 1. The lowest BCUT2D eigenvalue weighted by molar-refractivity contribution is -0.286. The average Bonchev–Trinajstić information content (AvgIpc) is 2.97. The van der Waals surface area contributed by atoms with Crippen LogP contribution in [0, 0.1) is 11.3 Å². The summed E-state index contributed by atoms with van der Waals surface area (Å²) in [6, 6.07) is 9.46. The van der Waals surface area contributed by atoms with Gasteiger partial charge in [0.15, 0.2) is 11.5 Å². The Labute approximate surface area is 112 Å². The van der Waals surface area contributed by atoms with E-state index < -0.39 is 6.29 Å². The number of nitrogens with zero attached hydrogens (tertiary/aromatic N) is 1. The molecule has 0 spiro atoms. The Morgan fingerprint density at radius 3 is 2.70 bits per heavy atom. The Morgan fingerprint density at radius 2 is 1.95 bits per heavy atom. The molecule has 3 rings (SSSR count). The molecule has 1 N–H and O–H groups in total. The molecule has 0 saturated carbocycles. The molecule has 102 valence electrons. The summed E-state index contributed by atoms with van der Waals surface area (Å²) in [5.74, 6) is 0.735. The van der Waals surface area contributed by atoms with E-state index in [1.54, 1.807) is 18.2 Å². The molecule has 1 aliphatic rings. The van der Waals surface area contributed by atoms with E-state index in [9.17, 15) is 8.78 Å². The first-order valence-electron chi connectivity index (χ1n) is 5.68. The summed E-state index contributed by atoms with van der Waals surface area (Å²) in [5, 5.41) is 11.6. The fraction of sp³-hybridized carbons (Fsp3) is 0.154. The molecule has 0 unspecified atom stereocenters. The lowest BCUT2D eigenvalue weighted by Crippen LogP contribution is -2.25. The van der Waals surface area contributed by atoms with Crippen molar-refractivity contribution in [2.24, 2.45) is 0 Å². The molecular formula is C13H8F2N2O3. The van der Waals surface area contributed by atoms with Crippen LogP contribution < -0.4 is 14.8 Å². The van der Waals surface area contributed by atoms with Crippen LogP contribution in [-0.2, 0) is 6.54 Å². The van der Waals surface area contributed by atoms with Gasteiger partial charge in [-0.25, -0.2) is 0 Å². The zero-order chi connectivity index (χ0) is 14.2. The Kier molecular flexibility index (Phi) is 2.71. The molecule has 2 aromatic rings. The van der Waals surface area contributed by atoms with E-state index in [0.29, 0.717) is 18.0 Å². The third-order valence-electron chi connectivity index (χ3n) is 2.64. The Bertz CT molecular complexity index is 691. The Morgan fingerprint density at radius 1 is 1.15 bits per heavy atom. The van der Waals surface area contributed by atoms with Gasteiger partial charge in [-0.2, -0.15) is 5.26 Å². The summed E-state index contributed by atoms with van der Waals surface area (Å²) in [6.45, 7) is 0.317. The maximum absolute atomic E-state index is 12.9. The van der Waals surface area contributed by atoms with Gasteiger partial charge in [0.25, 0.3) is 0 Å². The van der Waals surface area contributed by atoms with E-state index >= 15 is 0 Å². The Balaban J connectivity index is 1.69. The predicted octanol–water partition coefficient (Wildman–Crippen LogP) is 3.08. The van der Waals surface area contributed by atoms with Crippen molar-refractivity contribution in [3.8, 4) is 17.6 Å². The minimum Gasteiger partial charge on any atom is -0.449 e. The predicted molar refractivity (Wildman–Crippen MR) is 63.4 cm³/mol. The van der Waals surface area contributed by atoms with E-state index in [-0.39, 0.29) is 17.3 Å². The second-order valence-electron chi connectivity index (χ2n) is 4.06. The number of halogens is 2. The second-order valence-corrected chi connectivity index (χ2v) is 4.06. The fourth-order valence-corrected chi connectivity index (χ4v) is 1.78. The maximum atomic E-state index is 12.9. The van der Waals surface area contributed by atoms with Gasteiger partial charge >= 0.3 is 6.29 Å². The number of ether oxygens (including phenoxy) is 2. The minimum absolute atomic E-state index is 0.00897. The van der Waals surface area contributed by atoms with E-state index in [1.807, 2.05) is 6.07 Å². The summed E-state index contributed by atoms with van der Waals surface area (Å²) in [4.78, 5) is 0. The first kappa shape index (κ1) is 12.3. The molecule has 0 radical (unpaired) electrons. The first-order chi connectivity index (χ1) is 9.55. The van der Waals surface area contributed by atoms with E-state index in [4.69, 9.17) is 9.68 Å². The highest BCUT2D eigenvalue weighted by molar-refractivity contribution is 5.56. The van der Waals surface area contributed by atoms with Gasteiger partial charge in [-0.05, 0) is 24.3 Å². The highest BCUT2D eigenvalue weighted by Crippen LogP contribution is 2.42. The highest BCUT2D eigenvalue weighted by Gasteiger charge is 2.43. The smallest absolute Gasteiger partial charge is 0.449 e. The van der Waals surface area contributed by atoms with Crippen LogP contribution in [0.2, 0.25) is 0 Å². The quantitative estimate of drug-likeness (QED) is 0.934. The van der Waals surface area contributed by atoms with Crippen molar-refractivity contribution < 1.29 is 22.7 Å². The van der Waals surface area contributed by atoms with Crippen LogP contribution in [0.3, 0.4) is 0 Å². The third-order valence-corrected chi connectivity index (χ3v) is 2.64.